The lowest BCUT2D eigenvalue weighted by Gasteiger charge is -2.24. The van der Waals surface area contributed by atoms with Gasteiger partial charge in [-0.3, -0.25) is 4.79 Å². The van der Waals surface area contributed by atoms with Crippen molar-refractivity contribution in [2.24, 2.45) is 0 Å². The number of aryl methyl sites for hydroxylation is 3. The van der Waals surface area contributed by atoms with Gasteiger partial charge in [0.05, 0.1) is 4.90 Å². The maximum Gasteiger partial charge on any atom is 0.243 e. The third-order valence-electron chi connectivity index (χ3n) is 4.86. The lowest BCUT2D eigenvalue weighted by atomic mass is 10.1. The topological polar surface area (TPSA) is 66.5 Å². The molecule has 0 unspecified atom stereocenters. The Kier molecular flexibility index (Phi) is 5.16. The summed E-state index contributed by atoms with van der Waals surface area (Å²) < 4.78 is 27.3. The molecular weight excluding hydrogens is 348 g/mol. The summed E-state index contributed by atoms with van der Waals surface area (Å²) in [5.41, 5.74) is 3.68. The molecule has 3 rings (SSSR count). The molecule has 6 heteroatoms. The maximum absolute atomic E-state index is 13.0. The van der Waals surface area contributed by atoms with Crippen LogP contribution in [0.1, 0.15) is 29.5 Å². The molecule has 5 nitrogen and oxygen atoms in total. The summed E-state index contributed by atoms with van der Waals surface area (Å²) in [4.78, 5) is 13.1. The second kappa shape index (κ2) is 7.21. The number of para-hydroxylation sites is 1. The van der Waals surface area contributed by atoms with Crippen molar-refractivity contribution in [3.63, 3.8) is 0 Å². The Morgan fingerprint density at radius 1 is 1.04 bits per heavy atom. The number of hydrogen-bond donors (Lipinski definition) is 1. The second-order valence-electron chi connectivity index (χ2n) is 6.84. The molecule has 1 amide bonds. The molecule has 1 heterocycles. The fourth-order valence-electron chi connectivity index (χ4n) is 3.35. The van der Waals surface area contributed by atoms with Crippen molar-refractivity contribution in [1.29, 1.82) is 0 Å². The van der Waals surface area contributed by atoms with E-state index in [2.05, 4.69) is 5.32 Å². The van der Waals surface area contributed by atoms with Crippen LogP contribution in [0.3, 0.4) is 0 Å². The summed E-state index contributed by atoms with van der Waals surface area (Å²) in [6.45, 7) is 6.13. The first-order valence-electron chi connectivity index (χ1n) is 8.76. The van der Waals surface area contributed by atoms with Crippen LogP contribution in [-0.4, -0.2) is 31.2 Å². The van der Waals surface area contributed by atoms with Crippen molar-refractivity contribution in [3.05, 3.63) is 59.2 Å². The predicted molar refractivity (Wildman–Crippen MR) is 103 cm³/mol. The predicted octanol–water partition coefficient (Wildman–Crippen LogP) is 3.40. The Morgan fingerprint density at radius 3 is 2.27 bits per heavy atom. The zero-order valence-electron chi connectivity index (χ0n) is 15.3. The van der Waals surface area contributed by atoms with Crippen molar-refractivity contribution in [2.75, 3.05) is 11.9 Å². The monoisotopic (exact) mass is 372 g/mol. The van der Waals surface area contributed by atoms with Gasteiger partial charge in [0.2, 0.25) is 15.9 Å². The number of amides is 1. The highest BCUT2D eigenvalue weighted by atomic mass is 32.2. The van der Waals surface area contributed by atoms with Gasteiger partial charge in [0, 0.05) is 12.2 Å². The summed E-state index contributed by atoms with van der Waals surface area (Å²) in [7, 11) is -3.69. The maximum atomic E-state index is 13.0. The molecule has 0 radical (unpaired) electrons. The molecule has 1 fully saturated rings. The van der Waals surface area contributed by atoms with Crippen molar-refractivity contribution in [3.8, 4) is 0 Å². The highest BCUT2D eigenvalue weighted by Crippen LogP contribution is 2.28. The van der Waals surface area contributed by atoms with E-state index in [0.717, 1.165) is 22.4 Å². The van der Waals surface area contributed by atoms with Gasteiger partial charge in [-0.25, -0.2) is 8.42 Å². The highest BCUT2D eigenvalue weighted by Gasteiger charge is 2.39. The van der Waals surface area contributed by atoms with Crippen molar-refractivity contribution in [2.45, 2.75) is 44.6 Å². The second-order valence-corrected chi connectivity index (χ2v) is 8.73. The fourth-order valence-corrected chi connectivity index (χ4v) is 5.01. The van der Waals surface area contributed by atoms with Gasteiger partial charge in [-0.2, -0.15) is 4.31 Å². The minimum absolute atomic E-state index is 0.231. The Labute approximate surface area is 155 Å². The van der Waals surface area contributed by atoms with Crippen molar-refractivity contribution in [1.82, 2.24) is 4.31 Å². The molecule has 2 aromatic carbocycles. The average Bonchev–Trinajstić information content (AvgIpc) is 3.09. The molecule has 1 saturated heterocycles. The number of carbonyl (C=O) groups excluding carboxylic acids is 1. The summed E-state index contributed by atoms with van der Waals surface area (Å²) in [6.07, 6.45) is 1.21. The van der Waals surface area contributed by atoms with Gasteiger partial charge in [0.25, 0.3) is 0 Å². The summed E-state index contributed by atoms with van der Waals surface area (Å²) in [5, 5.41) is 2.94. The Balaban J connectivity index is 1.86. The molecule has 1 N–H and O–H groups in total. The first kappa shape index (κ1) is 18.6. The van der Waals surface area contributed by atoms with E-state index < -0.39 is 16.1 Å². The average molecular weight is 372 g/mol. The van der Waals surface area contributed by atoms with E-state index in [1.54, 1.807) is 24.3 Å². The lowest BCUT2D eigenvalue weighted by Crippen LogP contribution is -2.43. The standard InChI is InChI=1S/C20H24N2O3S/c1-14-9-11-17(12-10-14)26(24,25)22-13-5-8-18(22)20(23)21-19-15(2)6-4-7-16(19)3/h4,6-7,9-12,18H,5,8,13H2,1-3H3,(H,21,23)/t18-/m1/s1. The van der Waals surface area contributed by atoms with Gasteiger partial charge >= 0.3 is 0 Å². The minimum Gasteiger partial charge on any atom is -0.324 e. The summed E-state index contributed by atoms with van der Waals surface area (Å²) >= 11 is 0. The molecule has 26 heavy (non-hydrogen) atoms. The van der Waals surface area contributed by atoms with E-state index in [0.29, 0.717) is 19.4 Å². The van der Waals surface area contributed by atoms with Crippen LogP contribution in [-0.2, 0) is 14.8 Å². The van der Waals surface area contributed by atoms with Crippen molar-refractivity contribution >= 4 is 21.6 Å². The van der Waals surface area contributed by atoms with Crippen LogP contribution < -0.4 is 5.32 Å². The van der Waals surface area contributed by atoms with Crippen LogP contribution in [0.4, 0.5) is 5.69 Å². The first-order valence-corrected chi connectivity index (χ1v) is 10.2. The van der Waals surface area contributed by atoms with E-state index >= 15 is 0 Å². The number of nitrogens with zero attached hydrogens (tertiary/aromatic N) is 1. The van der Waals surface area contributed by atoms with Gasteiger partial charge in [0.1, 0.15) is 6.04 Å². The van der Waals surface area contributed by atoms with Crippen LogP contribution in [0.15, 0.2) is 47.4 Å². The van der Waals surface area contributed by atoms with Crippen LogP contribution in [0.25, 0.3) is 0 Å². The molecule has 1 atom stereocenters. The van der Waals surface area contributed by atoms with Gasteiger partial charge in [0.15, 0.2) is 0 Å². The van der Waals surface area contributed by atoms with Crippen LogP contribution >= 0.6 is 0 Å². The molecule has 2 aromatic rings. The molecule has 0 spiro atoms. The Morgan fingerprint density at radius 2 is 1.65 bits per heavy atom. The largest absolute Gasteiger partial charge is 0.324 e. The zero-order chi connectivity index (χ0) is 18.9. The van der Waals surface area contributed by atoms with Crippen LogP contribution in [0.2, 0.25) is 0 Å². The molecule has 0 aromatic heterocycles. The molecular formula is C20H24N2O3S. The van der Waals surface area contributed by atoms with Crippen molar-refractivity contribution < 1.29 is 13.2 Å². The summed E-state index contributed by atoms with van der Waals surface area (Å²) in [5.74, 6) is -0.268. The lowest BCUT2D eigenvalue weighted by molar-refractivity contribution is -0.119. The van der Waals surface area contributed by atoms with E-state index in [-0.39, 0.29) is 10.8 Å². The number of sulfonamides is 1. The number of nitrogens with one attached hydrogen (secondary N) is 1. The highest BCUT2D eigenvalue weighted by molar-refractivity contribution is 7.89. The fraction of sp³-hybridized carbons (Fsp3) is 0.350. The molecule has 1 aliphatic heterocycles. The van der Waals surface area contributed by atoms with E-state index in [9.17, 15) is 13.2 Å². The number of benzene rings is 2. The third kappa shape index (κ3) is 3.52. The van der Waals surface area contributed by atoms with E-state index in [1.165, 1.54) is 4.31 Å². The minimum atomic E-state index is -3.69. The molecule has 0 aliphatic carbocycles. The summed E-state index contributed by atoms with van der Waals surface area (Å²) in [6, 6.07) is 11.9. The van der Waals surface area contributed by atoms with Crippen LogP contribution in [0.5, 0.6) is 0 Å². The molecule has 138 valence electrons. The van der Waals surface area contributed by atoms with Gasteiger partial charge in [-0.1, -0.05) is 35.9 Å². The number of anilines is 1. The third-order valence-corrected chi connectivity index (χ3v) is 6.79. The SMILES string of the molecule is Cc1ccc(S(=O)(=O)N2CCC[C@@H]2C(=O)Nc2c(C)cccc2C)cc1. The smallest absolute Gasteiger partial charge is 0.243 e. The number of rotatable bonds is 4. The van der Waals surface area contributed by atoms with E-state index in [4.69, 9.17) is 0 Å². The first-order chi connectivity index (χ1) is 12.3. The Hall–Kier alpha value is -2.18. The van der Waals surface area contributed by atoms with E-state index in [1.807, 2.05) is 39.0 Å². The number of hydrogen-bond acceptors (Lipinski definition) is 3. The zero-order valence-corrected chi connectivity index (χ0v) is 16.1. The van der Waals surface area contributed by atoms with Gasteiger partial charge in [-0.15, -0.1) is 0 Å². The quantitative estimate of drug-likeness (QED) is 0.894. The molecule has 0 saturated carbocycles. The molecule has 0 bridgehead atoms. The normalized spacial score (nSPS) is 18.0. The van der Waals surface area contributed by atoms with Gasteiger partial charge in [-0.05, 0) is 56.9 Å². The number of carbonyl (C=O) groups is 1. The Bertz CT molecular complexity index is 900. The molecule has 1 aliphatic rings. The van der Waals surface area contributed by atoms with Gasteiger partial charge < -0.3 is 5.32 Å². The van der Waals surface area contributed by atoms with Crippen LogP contribution in [0, 0.1) is 20.8 Å².